The molecule has 0 unspecified atom stereocenters. The number of aromatic nitrogens is 3. The average Bonchev–Trinajstić information content (AvgIpc) is 3.40. The number of carbonyl (C=O) groups is 2. The van der Waals surface area contributed by atoms with Gasteiger partial charge in [0.1, 0.15) is 22.8 Å². The molecule has 1 saturated carbocycles. The van der Waals surface area contributed by atoms with Crippen molar-refractivity contribution >= 4 is 11.8 Å². The predicted molar refractivity (Wildman–Crippen MR) is 182 cm³/mol. The highest BCUT2D eigenvalue weighted by Gasteiger charge is 2.27. The fourth-order valence-electron chi connectivity index (χ4n) is 6.77. The first-order valence-electron chi connectivity index (χ1n) is 16.7. The minimum Gasteiger partial charge on any atom is -0.438 e. The number of ether oxygens (including phenoxy) is 1. The molecule has 1 saturated heterocycles. The van der Waals surface area contributed by atoms with Crippen LogP contribution in [0.25, 0.3) is 11.1 Å². The summed E-state index contributed by atoms with van der Waals surface area (Å²) in [4.78, 5) is 32.7. The maximum atomic E-state index is 14.3. The van der Waals surface area contributed by atoms with Crippen molar-refractivity contribution in [3.05, 3.63) is 95.2 Å². The highest BCUT2D eigenvalue weighted by molar-refractivity contribution is 5.96. The van der Waals surface area contributed by atoms with Gasteiger partial charge in [0.15, 0.2) is 0 Å². The maximum absolute atomic E-state index is 14.3. The summed E-state index contributed by atoms with van der Waals surface area (Å²) in [6, 6.07) is 19.8. The lowest BCUT2D eigenvalue weighted by atomic mass is 9.91. The van der Waals surface area contributed by atoms with E-state index in [1.165, 1.54) is 5.56 Å². The fourth-order valence-corrected chi connectivity index (χ4v) is 6.77. The Kier molecular flexibility index (Phi) is 10.2. The van der Waals surface area contributed by atoms with Gasteiger partial charge in [-0.1, -0.05) is 30.3 Å². The van der Waals surface area contributed by atoms with Gasteiger partial charge in [-0.15, -0.1) is 0 Å². The molecule has 0 bridgehead atoms. The van der Waals surface area contributed by atoms with Gasteiger partial charge in [0.05, 0.1) is 6.20 Å². The summed E-state index contributed by atoms with van der Waals surface area (Å²) >= 11 is 0. The summed E-state index contributed by atoms with van der Waals surface area (Å²) in [7, 11) is 1.80. The molecule has 11 heteroatoms. The SMILES string of the molecule is Cc1cc(C(=O)N[C@H]2CC[C@@H](NC(=O)c3cc(F)cnc3Oc3cccc(-c4cccc(CN5C[C@@H](C)N[C@@H](C)C5)c4)c3)CC2)nn1C. The normalized spacial score (nSPS) is 21.4. The second-order valence-electron chi connectivity index (χ2n) is 13.3. The van der Waals surface area contributed by atoms with Crippen LogP contribution in [0, 0.1) is 12.7 Å². The number of hydrogen-bond acceptors (Lipinski definition) is 7. The number of benzene rings is 2. The Hall–Kier alpha value is -4.61. The first-order chi connectivity index (χ1) is 23.1. The van der Waals surface area contributed by atoms with E-state index in [-0.39, 0.29) is 29.4 Å². The molecule has 3 heterocycles. The van der Waals surface area contributed by atoms with Gasteiger partial charge in [-0.3, -0.25) is 19.2 Å². The van der Waals surface area contributed by atoms with E-state index in [4.69, 9.17) is 4.74 Å². The summed E-state index contributed by atoms with van der Waals surface area (Å²) in [6.45, 7) is 9.22. The second kappa shape index (κ2) is 14.7. The van der Waals surface area contributed by atoms with Crippen molar-refractivity contribution in [2.24, 2.45) is 7.05 Å². The fraction of sp³-hybridized carbons (Fsp3) is 0.405. The second-order valence-corrected chi connectivity index (χ2v) is 13.3. The topological polar surface area (TPSA) is 113 Å². The highest BCUT2D eigenvalue weighted by atomic mass is 19.1. The average molecular weight is 654 g/mol. The van der Waals surface area contributed by atoms with Gasteiger partial charge in [-0.2, -0.15) is 5.10 Å². The quantitative estimate of drug-likeness (QED) is 0.223. The molecular weight excluding hydrogens is 609 g/mol. The van der Waals surface area contributed by atoms with Gasteiger partial charge in [0.25, 0.3) is 11.8 Å². The number of amides is 2. The summed E-state index contributed by atoms with van der Waals surface area (Å²) in [5.74, 6) is -0.741. The lowest BCUT2D eigenvalue weighted by Gasteiger charge is -2.36. The number of pyridine rings is 1. The van der Waals surface area contributed by atoms with Gasteiger partial charge < -0.3 is 20.7 Å². The Morgan fingerprint density at radius 3 is 2.23 bits per heavy atom. The zero-order valence-corrected chi connectivity index (χ0v) is 28.0. The molecule has 1 aliphatic heterocycles. The molecule has 2 aromatic carbocycles. The highest BCUT2D eigenvalue weighted by Crippen LogP contribution is 2.30. The number of nitrogens with one attached hydrogen (secondary N) is 3. The van der Waals surface area contributed by atoms with Crippen LogP contribution in [-0.2, 0) is 13.6 Å². The van der Waals surface area contributed by atoms with E-state index in [9.17, 15) is 14.0 Å². The lowest BCUT2D eigenvalue weighted by molar-refractivity contribution is 0.0887. The van der Waals surface area contributed by atoms with E-state index in [2.05, 4.69) is 69.0 Å². The minimum atomic E-state index is -0.623. The van der Waals surface area contributed by atoms with E-state index in [1.54, 1.807) is 23.9 Å². The molecule has 48 heavy (non-hydrogen) atoms. The molecule has 10 nitrogen and oxygen atoms in total. The van der Waals surface area contributed by atoms with E-state index in [0.717, 1.165) is 48.7 Å². The van der Waals surface area contributed by atoms with Crippen LogP contribution in [0.4, 0.5) is 4.39 Å². The van der Waals surface area contributed by atoms with E-state index >= 15 is 0 Å². The van der Waals surface area contributed by atoms with Crippen molar-refractivity contribution in [3.8, 4) is 22.8 Å². The first kappa shape index (κ1) is 33.3. The summed E-state index contributed by atoms with van der Waals surface area (Å²) in [5, 5.41) is 13.9. The van der Waals surface area contributed by atoms with Crippen molar-refractivity contribution < 1.29 is 18.7 Å². The zero-order chi connectivity index (χ0) is 33.8. The molecule has 6 rings (SSSR count). The first-order valence-corrected chi connectivity index (χ1v) is 16.7. The number of piperazine rings is 1. The summed E-state index contributed by atoms with van der Waals surface area (Å²) in [5.41, 5.74) is 4.59. The smallest absolute Gasteiger partial charge is 0.272 e. The molecule has 2 aliphatic rings. The van der Waals surface area contributed by atoms with Crippen LogP contribution >= 0.6 is 0 Å². The molecule has 1 aliphatic carbocycles. The zero-order valence-electron chi connectivity index (χ0n) is 28.0. The maximum Gasteiger partial charge on any atom is 0.272 e. The molecule has 4 aromatic rings. The number of aryl methyl sites for hydroxylation is 2. The van der Waals surface area contributed by atoms with Crippen LogP contribution in [0.1, 0.15) is 71.6 Å². The van der Waals surface area contributed by atoms with Gasteiger partial charge in [0, 0.05) is 56.5 Å². The number of rotatable bonds is 9. The van der Waals surface area contributed by atoms with Crippen LogP contribution in [0.2, 0.25) is 0 Å². The molecule has 2 fully saturated rings. The van der Waals surface area contributed by atoms with Crippen molar-refractivity contribution in [1.82, 2.24) is 35.6 Å². The third-order valence-electron chi connectivity index (χ3n) is 9.15. The van der Waals surface area contributed by atoms with E-state index in [0.29, 0.717) is 49.2 Å². The lowest BCUT2D eigenvalue weighted by Crippen LogP contribution is -2.53. The molecular formula is C37H44FN7O3. The molecule has 2 amide bonds. The minimum absolute atomic E-state index is 0.00914. The van der Waals surface area contributed by atoms with Crippen molar-refractivity contribution in [2.45, 2.75) is 77.2 Å². The predicted octanol–water partition coefficient (Wildman–Crippen LogP) is 5.38. The van der Waals surface area contributed by atoms with Crippen LogP contribution in [-0.4, -0.2) is 68.7 Å². The standard InChI is InChI=1S/C37H44FN7O3/c1-23-20-45(21-24(2)40-23)22-26-7-5-8-27(16-26)28-9-6-10-32(17-28)48-37-33(18-29(38)19-39-37)35(46)41-30-11-13-31(14-12-30)42-36(47)34-15-25(3)44(4)43-34/h5-10,15-19,23-24,30-31,40H,11-14,20-22H2,1-4H3,(H,41,46)(H,42,47)/t23-,24+,30-,31+. The van der Waals surface area contributed by atoms with Gasteiger partial charge in [0.2, 0.25) is 5.88 Å². The van der Waals surface area contributed by atoms with Crippen molar-refractivity contribution in [2.75, 3.05) is 13.1 Å². The van der Waals surface area contributed by atoms with Crippen molar-refractivity contribution in [3.63, 3.8) is 0 Å². The van der Waals surface area contributed by atoms with Crippen molar-refractivity contribution in [1.29, 1.82) is 0 Å². The Morgan fingerprint density at radius 1 is 0.917 bits per heavy atom. The van der Waals surface area contributed by atoms with Crippen LogP contribution < -0.4 is 20.7 Å². The number of nitrogens with zero attached hydrogens (tertiary/aromatic N) is 4. The molecule has 0 radical (unpaired) electrons. The van der Waals surface area contributed by atoms with Crippen LogP contribution in [0.15, 0.2) is 66.9 Å². The van der Waals surface area contributed by atoms with Crippen LogP contribution in [0.3, 0.4) is 0 Å². The third kappa shape index (κ3) is 8.26. The van der Waals surface area contributed by atoms with E-state index < -0.39 is 11.7 Å². The Morgan fingerprint density at radius 2 is 1.56 bits per heavy atom. The Balaban J connectivity index is 1.08. The van der Waals surface area contributed by atoms with Gasteiger partial charge in [-0.25, -0.2) is 9.37 Å². The summed E-state index contributed by atoms with van der Waals surface area (Å²) in [6.07, 6.45) is 3.80. The molecule has 0 spiro atoms. The molecule has 2 atom stereocenters. The number of halogens is 1. The Bertz CT molecular complexity index is 1740. The third-order valence-corrected chi connectivity index (χ3v) is 9.15. The molecule has 2 aromatic heterocycles. The van der Waals surface area contributed by atoms with Gasteiger partial charge in [-0.05, 0) is 93.5 Å². The van der Waals surface area contributed by atoms with Gasteiger partial charge >= 0.3 is 0 Å². The number of carbonyl (C=O) groups excluding carboxylic acids is 2. The molecule has 3 N–H and O–H groups in total. The van der Waals surface area contributed by atoms with E-state index in [1.807, 2.05) is 25.1 Å². The number of hydrogen-bond donors (Lipinski definition) is 3. The molecule has 252 valence electrons. The monoisotopic (exact) mass is 653 g/mol. The Labute approximate surface area is 281 Å². The van der Waals surface area contributed by atoms with Crippen LogP contribution in [0.5, 0.6) is 11.6 Å². The summed E-state index contributed by atoms with van der Waals surface area (Å²) < 4.78 is 22.1. The largest absolute Gasteiger partial charge is 0.438 e.